The summed E-state index contributed by atoms with van der Waals surface area (Å²) in [6, 6.07) is 2.35. The summed E-state index contributed by atoms with van der Waals surface area (Å²) in [6.07, 6.45) is -10.0. The van der Waals surface area contributed by atoms with Crippen LogP contribution in [0.15, 0.2) is 29.3 Å². The molecule has 1 aliphatic heterocycles. The molecule has 1 aromatic heterocycles. The molecule has 1 atom stereocenters. The van der Waals surface area contributed by atoms with Crippen molar-refractivity contribution in [1.29, 1.82) is 0 Å². The molecule has 1 aromatic carbocycles. The van der Waals surface area contributed by atoms with Gasteiger partial charge in [0, 0.05) is 11.9 Å². The number of rotatable bonds is 2. The van der Waals surface area contributed by atoms with Gasteiger partial charge in [-0.15, -0.1) is 11.3 Å². The Morgan fingerprint density at radius 3 is 2.06 bits per heavy atom. The summed E-state index contributed by atoms with van der Waals surface area (Å²) in [6.45, 7) is 1.42. The third-order valence-corrected chi connectivity index (χ3v) is 8.41. The van der Waals surface area contributed by atoms with Gasteiger partial charge in [0.25, 0.3) is 0 Å². The summed E-state index contributed by atoms with van der Waals surface area (Å²) in [7, 11) is -2.66. The van der Waals surface area contributed by atoms with Gasteiger partial charge in [0.2, 0.25) is 16.0 Å². The van der Waals surface area contributed by atoms with Gasteiger partial charge in [-0.05, 0) is 36.8 Å². The Kier molecular flexibility index (Phi) is 5.55. The summed E-state index contributed by atoms with van der Waals surface area (Å²) in [5.74, 6) is -0.856. The lowest BCUT2D eigenvalue weighted by molar-refractivity contribution is -0.143. The maximum Gasteiger partial charge on any atom is 0.416 e. The molecule has 2 N–H and O–H groups in total. The van der Waals surface area contributed by atoms with Gasteiger partial charge in [-0.3, -0.25) is 0 Å². The second-order valence-electron chi connectivity index (χ2n) is 7.05. The Bertz CT molecular complexity index is 1140. The third kappa shape index (κ3) is 4.48. The van der Waals surface area contributed by atoms with Crippen molar-refractivity contribution in [3.63, 3.8) is 0 Å². The SMILES string of the molecule is CN1C(N)=NC(C)(c2sc(-c3cc(C(F)(F)F)cc(C(F)(F)F)c3)cc2Cl)CS1(=O)=O. The fourth-order valence-corrected chi connectivity index (χ4v) is 6.19. The van der Waals surface area contributed by atoms with E-state index >= 15 is 0 Å². The monoisotopic (exact) mass is 505 g/mol. The number of benzene rings is 1. The average molecular weight is 506 g/mol. The molecule has 0 radical (unpaired) electrons. The normalized spacial score (nSPS) is 21.8. The van der Waals surface area contributed by atoms with E-state index in [-0.39, 0.29) is 32.4 Å². The van der Waals surface area contributed by atoms with Crippen molar-refractivity contribution in [2.45, 2.75) is 24.8 Å². The zero-order valence-corrected chi connectivity index (χ0v) is 18.2. The number of thiophene rings is 1. The number of nitrogens with two attached hydrogens (primary N) is 1. The number of hydrogen-bond acceptors (Lipinski definition) is 5. The number of alkyl halides is 6. The smallest absolute Gasteiger partial charge is 0.369 e. The Balaban J connectivity index is 2.18. The first-order valence-electron chi connectivity index (χ1n) is 8.36. The number of hydrogen-bond donors (Lipinski definition) is 1. The molecule has 0 spiro atoms. The van der Waals surface area contributed by atoms with Crippen LogP contribution in [0, 0.1) is 0 Å². The number of guanidine groups is 1. The van der Waals surface area contributed by atoms with Gasteiger partial charge in [0.1, 0.15) is 5.54 Å². The van der Waals surface area contributed by atoms with Crippen molar-refractivity contribution in [3.8, 4) is 10.4 Å². The van der Waals surface area contributed by atoms with Crippen molar-refractivity contribution in [2.75, 3.05) is 12.8 Å². The van der Waals surface area contributed by atoms with E-state index in [1.54, 1.807) is 0 Å². The molecule has 0 amide bonds. The topological polar surface area (TPSA) is 75.8 Å². The van der Waals surface area contributed by atoms with Gasteiger partial charge in [-0.2, -0.15) is 26.3 Å². The average Bonchev–Trinajstić information content (AvgIpc) is 3.00. The summed E-state index contributed by atoms with van der Waals surface area (Å²) < 4.78 is 104. The fourth-order valence-electron chi connectivity index (χ4n) is 3.04. The first-order chi connectivity index (χ1) is 13.9. The molecule has 2 aromatic rings. The summed E-state index contributed by atoms with van der Waals surface area (Å²) in [4.78, 5) is 4.29. The van der Waals surface area contributed by atoms with Crippen molar-refractivity contribution in [2.24, 2.45) is 10.7 Å². The molecule has 0 aliphatic carbocycles. The van der Waals surface area contributed by atoms with E-state index in [1.807, 2.05) is 0 Å². The molecule has 0 saturated heterocycles. The molecule has 0 saturated carbocycles. The minimum atomic E-state index is -5.01. The first-order valence-corrected chi connectivity index (χ1v) is 11.2. The van der Waals surface area contributed by atoms with Crippen LogP contribution < -0.4 is 5.73 Å². The van der Waals surface area contributed by atoms with Crippen LogP contribution in [0.25, 0.3) is 10.4 Å². The number of nitrogens with zero attached hydrogens (tertiary/aromatic N) is 2. The van der Waals surface area contributed by atoms with Crippen LogP contribution in [-0.4, -0.2) is 31.5 Å². The Morgan fingerprint density at radius 1 is 1.10 bits per heavy atom. The van der Waals surface area contributed by atoms with E-state index in [2.05, 4.69) is 4.99 Å². The zero-order chi connectivity index (χ0) is 23.6. The molecule has 170 valence electrons. The van der Waals surface area contributed by atoms with Gasteiger partial charge >= 0.3 is 12.4 Å². The second-order valence-corrected chi connectivity index (χ2v) is 10.5. The van der Waals surface area contributed by atoms with Crippen molar-refractivity contribution in [1.82, 2.24) is 4.31 Å². The zero-order valence-electron chi connectivity index (χ0n) is 15.8. The predicted octanol–water partition coefficient (Wildman–Crippen LogP) is 4.91. The number of aliphatic imine (C=N–C) groups is 1. The maximum atomic E-state index is 13.2. The lowest BCUT2D eigenvalue weighted by Crippen LogP contribution is -2.50. The molecule has 0 fully saturated rings. The highest BCUT2D eigenvalue weighted by Crippen LogP contribution is 2.46. The summed E-state index contributed by atoms with van der Waals surface area (Å²) in [5, 5.41) is -0.0511. The number of halogens is 7. The van der Waals surface area contributed by atoms with Crippen LogP contribution in [0.2, 0.25) is 5.02 Å². The fraction of sp³-hybridized carbons (Fsp3) is 0.353. The molecule has 0 bridgehead atoms. The highest BCUT2D eigenvalue weighted by molar-refractivity contribution is 7.89. The minimum absolute atomic E-state index is 0.0112. The Morgan fingerprint density at radius 2 is 1.61 bits per heavy atom. The van der Waals surface area contributed by atoms with E-state index in [9.17, 15) is 34.8 Å². The third-order valence-electron chi connectivity index (χ3n) is 4.61. The highest BCUT2D eigenvalue weighted by Gasteiger charge is 2.43. The van der Waals surface area contributed by atoms with Gasteiger partial charge in [-0.1, -0.05) is 11.6 Å². The van der Waals surface area contributed by atoms with Crippen LogP contribution >= 0.6 is 22.9 Å². The molecule has 2 heterocycles. The summed E-state index contributed by atoms with van der Waals surface area (Å²) >= 11 is 6.95. The van der Waals surface area contributed by atoms with Gasteiger partial charge in [-0.25, -0.2) is 17.7 Å². The maximum absolute atomic E-state index is 13.2. The van der Waals surface area contributed by atoms with E-state index in [0.29, 0.717) is 12.1 Å². The highest BCUT2D eigenvalue weighted by atomic mass is 35.5. The van der Waals surface area contributed by atoms with E-state index in [0.717, 1.165) is 15.6 Å². The second kappa shape index (κ2) is 7.27. The molecule has 14 heteroatoms. The van der Waals surface area contributed by atoms with Gasteiger partial charge in [0.15, 0.2) is 0 Å². The lowest BCUT2D eigenvalue weighted by atomic mass is 10.0. The lowest BCUT2D eigenvalue weighted by Gasteiger charge is -2.33. The van der Waals surface area contributed by atoms with Crippen molar-refractivity contribution < 1.29 is 34.8 Å². The van der Waals surface area contributed by atoms with Crippen LogP contribution in [0.1, 0.15) is 22.9 Å². The van der Waals surface area contributed by atoms with Crippen LogP contribution in [0.3, 0.4) is 0 Å². The molecular formula is C17H14ClF6N3O2S2. The largest absolute Gasteiger partial charge is 0.416 e. The predicted molar refractivity (Wildman–Crippen MR) is 105 cm³/mol. The van der Waals surface area contributed by atoms with Crippen LogP contribution in [-0.2, 0) is 27.9 Å². The quantitative estimate of drug-likeness (QED) is 0.589. The molecule has 31 heavy (non-hydrogen) atoms. The van der Waals surface area contributed by atoms with E-state index in [1.165, 1.54) is 20.0 Å². The van der Waals surface area contributed by atoms with Crippen LogP contribution in [0.5, 0.6) is 0 Å². The first kappa shape index (κ1) is 23.7. The molecule has 5 nitrogen and oxygen atoms in total. The Labute approximate surface area is 182 Å². The molecule has 1 unspecified atom stereocenters. The van der Waals surface area contributed by atoms with E-state index < -0.39 is 44.8 Å². The Hall–Kier alpha value is -1.99. The van der Waals surface area contributed by atoms with Crippen LogP contribution in [0.4, 0.5) is 26.3 Å². The van der Waals surface area contributed by atoms with Gasteiger partial charge < -0.3 is 5.73 Å². The van der Waals surface area contributed by atoms with Gasteiger partial charge in [0.05, 0.1) is 26.8 Å². The van der Waals surface area contributed by atoms with Crippen molar-refractivity contribution >= 4 is 38.9 Å². The molecular weight excluding hydrogens is 492 g/mol. The minimum Gasteiger partial charge on any atom is -0.369 e. The summed E-state index contributed by atoms with van der Waals surface area (Å²) in [5.41, 5.74) is 0.899. The van der Waals surface area contributed by atoms with Crippen molar-refractivity contribution in [3.05, 3.63) is 45.3 Å². The molecule has 3 rings (SSSR count). The standard InChI is InChI=1S/C17H14ClF6N3O2S2/c1-15(7-31(28,29)27(2)14(25)26-15)13-11(18)6-12(30-13)8-3-9(16(19,20)21)5-10(4-8)17(22,23)24/h3-6H,7H2,1-2H3,(H2,25,26). The molecule has 1 aliphatic rings. The van der Waals surface area contributed by atoms with E-state index in [4.69, 9.17) is 17.3 Å². The number of sulfonamides is 1.